The topological polar surface area (TPSA) is 89.4 Å². The van der Waals surface area contributed by atoms with Gasteiger partial charge in [-0.2, -0.15) is 0 Å². The molecule has 0 aliphatic heterocycles. The number of rotatable bonds is 3. The molecule has 0 rings (SSSR count). The van der Waals surface area contributed by atoms with Crippen LogP contribution >= 0.6 is 0 Å². The highest BCUT2D eigenvalue weighted by molar-refractivity contribution is 5.83. The Hall–Kier alpha value is -0.940. The number of hydrazine groups is 1. The van der Waals surface area contributed by atoms with Gasteiger partial charge in [-0.3, -0.25) is 9.80 Å². The summed E-state index contributed by atoms with van der Waals surface area (Å²) >= 11 is 0. The maximum Gasteiger partial charge on any atom is 0.253 e. The number of carbonyl (C=O) groups excluding carboxylic acids is 2. The summed E-state index contributed by atoms with van der Waals surface area (Å²) in [5.41, 5.74) is 5.24. The Morgan fingerprint density at radius 2 is 2.00 bits per heavy atom. The molecule has 64 valence electrons. The van der Waals surface area contributed by atoms with Crippen molar-refractivity contribution in [2.75, 3.05) is 0 Å². The second-order valence-corrected chi connectivity index (χ2v) is 2.41. The molecule has 2 atom stereocenters. The Kier molecular flexibility index (Phi) is 3.70. The second-order valence-electron chi connectivity index (χ2n) is 2.41. The summed E-state index contributed by atoms with van der Waals surface area (Å²) in [6.07, 6.45) is 0.584. The van der Waals surface area contributed by atoms with Gasteiger partial charge in [0.2, 0.25) is 0 Å². The van der Waals surface area contributed by atoms with Crippen molar-refractivity contribution in [3.8, 4) is 0 Å². The summed E-state index contributed by atoms with van der Waals surface area (Å²) in [6, 6.07) is -1.28. The van der Waals surface area contributed by atoms with Crippen molar-refractivity contribution < 1.29 is 9.59 Å². The van der Waals surface area contributed by atoms with Crippen molar-refractivity contribution in [2.24, 2.45) is 11.6 Å². The Bertz CT molecular complexity index is 158. The highest BCUT2D eigenvalue weighted by Crippen LogP contribution is 1.91. The quantitative estimate of drug-likeness (QED) is 0.230. The molecule has 0 heterocycles. The molecule has 0 aromatic rings. The molecule has 0 unspecified atom stereocenters. The van der Waals surface area contributed by atoms with E-state index in [1.54, 1.807) is 0 Å². The predicted molar refractivity (Wildman–Crippen MR) is 40.2 cm³/mol. The average Bonchev–Trinajstić information content (AvgIpc) is 2.00. The largest absolute Gasteiger partial charge is 0.320 e. The lowest BCUT2D eigenvalue weighted by molar-refractivity contribution is -0.137. The van der Waals surface area contributed by atoms with Crippen molar-refractivity contribution in [2.45, 2.75) is 25.9 Å². The zero-order valence-corrected chi connectivity index (χ0v) is 6.65. The normalized spacial score (nSPS) is 15.3. The molecule has 11 heavy (non-hydrogen) atoms. The lowest BCUT2D eigenvalue weighted by Crippen LogP contribution is -2.51. The first kappa shape index (κ1) is 10.1. The number of amides is 1. The third-order valence-electron chi connectivity index (χ3n) is 1.28. The number of hydrogen-bond donors (Lipinski definition) is 2. The zero-order valence-electron chi connectivity index (χ0n) is 6.65. The van der Waals surface area contributed by atoms with Crippen LogP contribution < -0.4 is 11.6 Å². The fourth-order valence-electron chi connectivity index (χ4n) is 0.501. The molecule has 5 heteroatoms. The Labute approximate surface area is 65.3 Å². The number of nitrogens with two attached hydrogens (primary N) is 2. The monoisotopic (exact) mass is 159 g/mol. The number of nitrogens with zero attached hydrogens (tertiary/aromatic N) is 1. The first-order valence-electron chi connectivity index (χ1n) is 3.29. The van der Waals surface area contributed by atoms with Crippen LogP contribution in [0.1, 0.15) is 13.8 Å². The lowest BCUT2D eigenvalue weighted by atomic mass is 10.3. The molecule has 4 N–H and O–H groups in total. The Morgan fingerprint density at radius 1 is 1.55 bits per heavy atom. The highest BCUT2D eigenvalue weighted by Gasteiger charge is 2.18. The number of carbonyl (C=O) groups is 2. The van der Waals surface area contributed by atoms with Crippen LogP contribution in [0.2, 0.25) is 0 Å². The highest BCUT2D eigenvalue weighted by atomic mass is 16.2. The Morgan fingerprint density at radius 3 is 2.27 bits per heavy atom. The first-order chi connectivity index (χ1) is 5.00. The van der Waals surface area contributed by atoms with Gasteiger partial charge in [0.05, 0.1) is 6.04 Å². The van der Waals surface area contributed by atoms with Crippen molar-refractivity contribution in [3.05, 3.63) is 0 Å². The minimum Gasteiger partial charge on any atom is -0.320 e. The van der Waals surface area contributed by atoms with Crippen molar-refractivity contribution in [1.29, 1.82) is 0 Å². The molecule has 0 spiro atoms. The first-order valence-corrected chi connectivity index (χ1v) is 3.29. The summed E-state index contributed by atoms with van der Waals surface area (Å²) in [6.45, 7) is 3.03. The fraction of sp³-hybridized carbons (Fsp3) is 0.667. The third kappa shape index (κ3) is 2.65. The molecule has 0 aliphatic rings. The van der Waals surface area contributed by atoms with E-state index >= 15 is 0 Å². The Balaban J connectivity index is 4.12. The molecular weight excluding hydrogens is 146 g/mol. The SMILES string of the molecule is C[C@H](N)C(=O)N(N)[C@@H](C)C=O. The van der Waals surface area contributed by atoms with Crippen LogP contribution in [-0.2, 0) is 9.59 Å². The molecular formula is C6H13N3O2. The van der Waals surface area contributed by atoms with E-state index in [4.69, 9.17) is 11.6 Å². The zero-order chi connectivity index (χ0) is 9.02. The maximum atomic E-state index is 11.0. The van der Waals surface area contributed by atoms with E-state index in [0.717, 1.165) is 5.01 Å². The van der Waals surface area contributed by atoms with E-state index in [2.05, 4.69) is 0 Å². The van der Waals surface area contributed by atoms with Crippen LogP contribution in [0.5, 0.6) is 0 Å². The van der Waals surface area contributed by atoms with Crippen LogP contribution in [0, 0.1) is 0 Å². The van der Waals surface area contributed by atoms with E-state index in [1.807, 2.05) is 0 Å². The maximum absolute atomic E-state index is 11.0. The minimum atomic E-state index is -0.664. The summed E-state index contributed by atoms with van der Waals surface area (Å²) in [4.78, 5) is 21.1. The number of hydrogen-bond acceptors (Lipinski definition) is 4. The van der Waals surface area contributed by atoms with Crippen LogP contribution in [-0.4, -0.2) is 29.3 Å². The van der Waals surface area contributed by atoms with Gasteiger partial charge in [0.15, 0.2) is 0 Å². The smallest absolute Gasteiger partial charge is 0.253 e. The summed E-state index contributed by atoms with van der Waals surface area (Å²) < 4.78 is 0. The van der Waals surface area contributed by atoms with Crippen molar-refractivity contribution >= 4 is 12.2 Å². The van der Waals surface area contributed by atoms with Gasteiger partial charge < -0.3 is 10.5 Å². The van der Waals surface area contributed by atoms with Crippen molar-refractivity contribution in [1.82, 2.24) is 5.01 Å². The van der Waals surface area contributed by atoms with Gasteiger partial charge in [-0.05, 0) is 13.8 Å². The van der Waals surface area contributed by atoms with Gasteiger partial charge in [-0.1, -0.05) is 0 Å². The summed E-state index contributed by atoms with van der Waals surface area (Å²) in [7, 11) is 0. The van der Waals surface area contributed by atoms with Crippen molar-refractivity contribution in [3.63, 3.8) is 0 Å². The van der Waals surface area contributed by atoms with E-state index in [0.29, 0.717) is 6.29 Å². The molecule has 0 fully saturated rings. The molecule has 5 nitrogen and oxygen atoms in total. The van der Waals surface area contributed by atoms with Crippen LogP contribution in [0.3, 0.4) is 0 Å². The summed E-state index contributed by atoms with van der Waals surface area (Å²) in [5.74, 6) is 4.80. The minimum absolute atomic E-state index is 0.440. The molecule has 0 bridgehead atoms. The second kappa shape index (κ2) is 4.05. The fourth-order valence-corrected chi connectivity index (χ4v) is 0.501. The van der Waals surface area contributed by atoms with Gasteiger partial charge in [0, 0.05) is 0 Å². The average molecular weight is 159 g/mol. The molecule has 0 saturated carbocycles. The molecule has 0 aliphatic carbocycles. The van der Waals surface area contributed by atoms with E-state index in [9.17, 15) is 9.59 Å². The standard InChI is InChI=1S/C6H13N3O2/c1-4(3-10)9(8)6(11)5(2)7/h3-5H,7-8H2,1-2H3/t4-,5-/m0/s1. The predicted octanol–water partition coefficient (Wildman–Crippen LogP) is -1.38. The van der Waals surface area contributed by atoms with Gasteiger partial charge in [0.1, 0.15) is 12.3 Å². The van der Waals surface area contributed by atoms with Gasteiger partial charge >= 0.3 is 0 Å². The van der Waals surface area contributed by atoms with Gasteiger partial charge in [-0.15, -0.1) is 0 Å². The van der Waals surface area contributed by atoms with E-state index in [1.165, 1.54) is 13.8 Å². The van der Waals surface area contributed by atoms with E-state index < -0.39 is 18.0 Å². The van der Waals surface area contributed by atoms with Gasteiger partial charge in [0.25, 0.3) is 5.91 Å². The molecule has 1 amide bonds. The van der Waals surface area contributed by atoms with Crippen LogP contribution in [0.15, 0.2) is 0 Å². The molecule has 0 aromatic carbocycles. The van der Waals surface area contributed by atoms with Crippen LogP contribution in [0.4, 0.5) is 0 Å². The lowest BCUT2D eigenvalue weighted by Gasteiger charge is -2.21. The summed E-state index contributed by atoms with van der Waals surface area (Å²) in [5, 5.41) is 0.831. The van der Waals surface area contributed by atoms with E-state index in [-0.39, 0.29) is 0 Å². The molecule has 0 saturated heterocycles. The number of aldehydes is 1. The van der Waals surface area contributed by atoms with Crippen LogP contribution in [0.25, 0.3) is 0 Å². The molecule has 0 radical (unpaired) electrons. The third-order valence-corrected chi connectivity index (χ3v) is 1.28. The molecule has 0 aromatic heterocycles. The van der Waals surface area contributed by atoms with Gasteiger partial charge in [-0.25, -0.2) is 5.84 Å².